The lowest BCUT2D eigenvalue weighted by atomic mass is 9.87. The molecule has 4 nitrogen and oxygen atoms in total. The molecule has 0 spiro atoms. The predicted octanol–water partition coefficient (Wildman–Crippen LogP) is 2.43. The fourth-order valence-corrected chi connectivity index (χ4v) is 5.35. The largest absolute Gasteiger partial charge is 0.312 e. The van der Waals surface area contributed by atoms with Gasteiger partial charge in [0.2, 0.25) is 0 Å². The lowest BCUT2D eigenvalue weighted by molar-refractivity contribution is 0.300. The molecule has 0 bridgehead atoms. The van der Waals surface area contributed by atoms with Crippen molar-refractivity contribution in [3.63, 3.8) is 0 Å². The quantitative estimate of drug-likeness (QED) is 0.901. The van der Waals surface area contributed by atoms with Crippen molar-refractivity contribution < 1.29 is 8.42 Å². The van der Waals surface area contributed by atoms with E-state index in [9.17, 15) is 8.42 Å². The second-order valence-corrected chi connectivity index (χ2v) is 10.4. The van der Waals surface area contributed by atoms with Gasteiger partial charge in [0, 0.05) is 10.9 Å². The summed E-state index contributed by atoms with van der Waals surface area (Å²) < 4.78 is 23.5. The molecule has 1 N–H and O–H groups in total. The van der Waals surface area contributed by atoms with Gasteiger partial charge in [0.05, 0.1) is 22.2 Å². The van der Waals surface area contributed by atoms with Crippen LogP contribution in [0.3, 0.4) is 0 Å². The third-order valence-corrected chi connectivity index (χ3v) is 6.58. The van der Waals surface area contributed by atoms with Crippen LogP contribution in [-0.2, 0) is 16.3 Å². The molecule has 1 aromatic heterocycles. The molecule has 1 fully saturated rings. The summed E-state index contributed by atoms with van der Waals surface area (Å²) in [5.74, 6) is 1.28. The number of hydrogen-bond acceptors (Lipinski definition) is 5. The minimum absolute atomic E-state index is 0.0493. The number of sulfone groups is 1. The summed E-state index contributed by atoms with van der Waals surface area (Å²) in [6.07, 6.45) is 1.66. The second-order valence-electron chi connectivity index (χ2n) is 7.12. The first-order valence-electron chi connectivity index (χ1n) is 7.51. The Balaban J connectivity index is 2.06. The molecule has 1 aromatic rings. The number of nitrogens with one attached hydrogen (secondary N) is 1. The van der Waals surface area contributed by atoms with Crippen LogP contribution in [0.1, 0.15) is 37.9 Å². The van der Waals surface area contributed by atoms with Gasteiger partial charge in [-0.15, -0.1) is 11.3 Å². The van der Waals surface area contributed by atoms with E-state index in [1.165, 1.54) is 0 Å². The molecule has 1 aliphatic heterocycles. The van der Waals surface area contributed by atoms with E-state index < -0.39 is 9.84 Å². The summed E-state index contributed by atoms with van der Waals surface area (Å²) in [5, 5.41) is 6.71. The van der Waals surface area contributed by atoms with Gasteiger partial charge < -0.3 is 5.32 Å². The van der Waals surface area contributed by atoms with E-state index in [1.54, 1.807) is 11.3 Å². The molecule has 1 saturated heterocycles. The molecule has 2 rings (SSSR count). The van der Waals surface area contributed by atoms with Crippen LogP contribution in [0, 0.1) is 18.8 Å². The molecule has 0 saturated carbocycles. The SMILES string of the molecule is Cc1nc(CC(CNC(C)(C)C)C2CCS(=O)(=O)C2)cs1. The van der Waals surface area contributed by atoms with Gasteiger partial charge in [0.1, 0.15) is 0 Å². The monoisotopic (exact) mass is 330 g/mol. The standard InChI is InChI=1S/C15H26N2O2S2/c1-11-17-14(9-20-11)7-13(8-16-15(2,3)4)12-5-6-21(18,19)10-12/h9,12-13,16H,5-8,10H2,1-4H3. The van der Waals surface area contributed by atoms with Gasteiger partial charge in [0.25, 0.3) is 0 Å². The van der Waals surface area contributed by atoms with Gasteiger partial charge >= 0.3 is 0 Å². The molecule has 120 valence electrons. The van der Waals surface area contributed by atoms with Crippen LogP contribution in [0.2, 0.25) is 0 Å². The lowest BCUT2D eigenvalue weighted by Crippen LogP contribution is -2.41. The van der Waals surface area contributed by atoms with Crippen LogP contribution < -0.4 is 5.32 Å². The highest BCUT2D eigenvalue weighted by atomic mass is 32.2. The predicted molar refractivity (Wildman–Crippen MR) is 88.6 cm³/mol. The van der Waals surface area contributed by atoms with Gasteiger partial charge in [-0.25, -0.2) is 13.4 Å². The summed E-state index contributed by atoms with van der Waals surface area (Å²) in [6.45, 7) is 9.28. The summed E-state index contributed by atoms with van der Waals surface area (Å²) >= 11 is 1.66. The zero-order valence-corrected chi connectivity index (χ0v) is 15.0. The van der Waals surface area contributed by atoms with Gasteiger partial charge in [-0.2, -0.15) is 0 Å². The maximum Gasteiger partial charge on any atom is 0.150 e. The minimum atomic E-state index is -2.83. The van der Waals surface area contributed by atoms with E-state index in [0.29, 0.717) is 17.4 Å². The number of aromatic nitrogens is 1. The fourth-order valence-electron chi connectivity index (χ4n) is 2.81. The van der Waals surface area contributed by atoms with Gasteiger partial charge in [-0.3, -0.25) is 0 Å². The third-order valence-electron chi connectivity index (χ3n) is 3.97. The van der Waals surface area contributed by atoms with Crippen molar-refractivity contribution in [1.29, 1.82) is 0 Å². The van der Waals surface area contributed by atoms with Crippen LogP contribution >= 0.6 is 11.3 Å². The fraction of sp³-hybridized carbons (Fsp3) is 0.800. The van der Waals surface area contributed by atoms with Crippen LogP contribution in [0.5, 0.6) is 0 Å². The van der Waals surface area contributed by atoms with Crippen molar-refractivity contribution in [2.24, 2.45) is 11.8 Å². The number of hydrogen-bond donors (Lipinski definition) is 1. The molecule has 0 radical (unpaired) electrons. The summed E-state index contributed by atoms with van der Waals surface area (Å²) in [5.41, 5.74) is 1.15. The van der Waals surface area contributed by atoms with E-state index >= 15 is 0 Å². The normalized spacial score (nSPS) is 23.3. The molecule has 21 heavy (non-hydrogen) atoms. The average molecular weight is 331 g/mol. The Kier molecular flexibility index (Phi) is 5.11. The van der Waals surface area contributed by atoms with Crippen molar-refractivity contribution in [3.05, 3.63) is 16.1 Å². The molecular weight excluding hydrogens is 304 g/mol. The first-order chi connectivity index (χ1) is 9.65. The third kappa shape index (κ3) is 5.34. The van der Waals surface area contributed by atoms with Crippen molar-refractivity contribution >= 4 is 21.2 Å². The van der Waals surface area contributed by atoms with Crippen LogP contribution in [0.4, 0.5) is 0 Å². The zero-order valence-electron chi connectivity index (χ0n) is 13.3. The Morgan fingerprint density at radius 1 is 1.48 bits per heavy atom. The first-order valence-corrected chi connectivity index (χ1v) is 10.2. The Bertz CT molecular complexity index is 573. The molecule has 6 heteroatoms. The topological polar surface area (TPSA) is 59.1 Å². The molecule has 0 aliphatic carbocycles. The molecule has 2 atom stereocenters. The van der Waals surface area contributed by atoms with Crippen molar-refractivity contribution in [2.45, 2.75) is 46.1 Å². The smallest absolute Gasteiger partial charge is 0.150 e. The Labute approximate surface area is 132 Å². The molecule has 0 aromatic carbocycles. The van der Waals surface area contributed by atoms with Crippen molar-refractivity contribution in [2.75, 3.05) is 18.1 Å². The van der Waals surface area contributed by atoms with E-state index in [2.05, 4.69) is 36.5 Å². The van der Waals surface area contributed by atoms with E-state index in [0.717, 1.165) is 30.1 Å². The molecule has 0 amide bonds. The summed E-state index contributed by atoms with van der Waals surface area (Å²) in [4.78, 5) is 4.54. The summed E-state index contributed by atoms with van der Waals surface area (Å²) in [7, 11) is -2.83. The maximum absolute atomic E-state index is 11.8. The molecular formula is C15H26N2O2S2. The number of rotatable bonds is 5. The summed E-state index contributed by atoms with van der Waals surface area (Å²) in [6, 6.07) is 0. The first kappa shape index (κ1) is 16.9. The Hall–Kier alpha value is -0.460. The Morgan fingerprint density at radius 3 is 2.67 bits per heavy atom. The highest BCUT2D eigenvalue weighted by Gasteiger charge is 2.34. The molecule has 1 aliphatic rings. The zero-order chi connectivity index (χ0) is 15.7. The van der Waals surface area contributed by atoms with Gasteiger partial charge in [-0.05, 0) is 58.9 Å². The Morgan fingerprint density at radius 2 is 2.19 bits per heavy atom. The number of aryl methyl sites for hydroxylation is 1. The average Bonchev–Trinajstić information content (AvgIpc) is 2.89. The van der Waals surface area contributed by atoms with Crippen molar-refractivity contribution in [1.82, 2.24) is 10.3 Å². The van der Waals surface area contributed by atoms with Crippen molar-refractivity contribution in [3.8, 4) is 0 Å². The van der Waals surface area contributed by atoms with Crippen LogP contribution in [0.25, 0.3) is 0 Å². The number of thiazole rings is 1. The minimum Gasteiger partial charge on any atom is -0.312 e. The van der Waals surface area contributed by atoms with Gasteiger partial charge in [-0.1, -0.05) is 0 Å². The van der Waals surface area contributed by atoms with E-state index in [1.807, 2.05) is 6.92 Å². The van der Waals surface area contributed by atoms with Gasteiger partial charge in [0.15, 0.2) is 9.84 Å². The van der Waals surface area contributed by atoms with E-state index in [-0.39, 0.29) is 11.5 Å². The van der Waals surface area contributed by atoms with E-state index in [4.69, 9.17) is 0 Å². The van der Waals surface area contributed by atoms with Crippen LogP contribution in [0.15, 0.2) is 5.38 Å². The maximum atomic E-state index is 11.8. The highest BCUT2D eigenvalue weighted by molar-refractivity contribution is 7.91. The highest BCUT2D eigenvalue weighted by Crippen LogP contribution is 2.29. The molecule has 2 heterocycles. The second kappa shape index (κ2) is 6.34. The molecule has 2 unspecified atom stereocenters. The van der Waals surface area contributed by atoms with Crippen LogP contribution in [-0.4, -0.2) is 37.0 Å². The lowest BCUT2D eigenvalue weighted by Gasteiger charge is -2.28. The number of nitrogens with zero attached hydrogens (tertiary/aromatic N) is 1.